The van der Waals surface area contributed by atoms with Gasteiger partial charge in [-0.3, -0.25) is 14.3 Å². The van der Waals surface area contributed by atoms with Crippen LogP contribution in [0.2, 0.25) is 0 Å². The molecule has 5 heteroatoms. The molecule has 0 saturated carbocycles. The number of benzene rings is 7. The van der Waals surface area contributed by atoms with Crippen LogP contribution in [0, 0.1) is 0 Å². The third-order valence-electron chi connectivity index (χ3n) is 11.0. The van der Waals surface area contributed by atoms with E-state index in [0.29, 0.717) is 11.2 Å². The second kappa shape index (κ2) is 11.2. The lowest BCUT2D eigenvalue weighted by atomic mass is 9.60. The summed E-state index contributed by atoms with van der Waals surface area (Å²) < 4.78 is 1.95. The van der Waals surface area contributed by atoms with E-state index in [1.807, 2.05) is 65.2 Å². The average molecular weight is 679 g/mol. The van der Waals surface area contributed by atoms with E-state index in [1.165, 1.54) is 0 Å². The molecule has 4 heterocycles. The first kappa shape index (κ1) is 29.6. The molecule has 248 valence electrons. The molecule has 0 amide bonds. The molecule has 0 radical (unpaired) electrons. The number of rotatable bonds is 3. The lowest BCUT2D eigenvalue weighted by Gasteiger charge is -2.48. The second-order valence-electron chi connectivity index (χ2n) is 13.7. The molecule has 0 fully saturated rings. The van der Waals surface area contributed by atoms with Crippen LogP contribution in [0.15, 0.2) is 187 Å². The summed E-state index contributed by atoms with van der Waals surface area (Å²) in [7, 11) is 0. The quantitative estimate of drug-likeness (QED) is 0.175. The predicted octanol–water partition coefficient (Wildman–Crippen LogP) is 10.7. The maximum atomic E-state index is 14.6. The molecule has 53 heavy (non-hydrogen) atoms. The Labute approximate surface area is 305 Å². The summed E-state index contributed by atoms with van der Waals surface area (Å²) in [6, 6.07) is 62.9. The Hall–Kier alpha value is -7.11. The molecule has 0 aliphatic carbocycles. The maximum Gasteiger partial charge on any atom is 0.263 e. The van der Waals surface area contributed by atoms with Gasteiger partial charge in [-0.05, 0) is 51.9 Å². The molecule has 0 bridgehead atoms. The lowest BCUT2D eigenvalue weighted by molar-refractivity contribution is 0.708. The monoisotopic (exact) mass is 678 g/mol. The number of anilines is 3. The van der Waals surface area contributed by atoms with Gasteiger partial charge < -0.3 is 0 Å². The zero-order valence-corrected chi connectivity index (χ0v) is 28.5. The van der Waals surface area contributed by atoms with Gasteiger partial charge in [0.25, 0.3) is 5.56 Å². The van der Waals surface area contributed by atoms with Gasteiger partial charge in [0.15, 0.2) is 5.82 Å². The fraction of sp³-hybridized carbons (Fsp3) is 0.0208. The minimum absolute atomic E-state index is 0.00951. The number of para-hydroxylation sites is 4. The molecular weight excluding hydrogens is 649 g/mol. The summed E-state index contributed by atoms with van der Waals surface area (Å²) >= 11 is 0. The van der Waals surface area contributed by atoms with Gasteiger partial charge in [-0.15, -0.1) is 0 Å². The molecule has 2 aliphatic rings. The van der Waals surface area contributed by atoms with E-state index in [-0.39, 0.29) is 5.56 Å². The first-order valence-corrected chi connectivity index (χ1v) is 17.9. The number of pyridine rings is 1. The highest BCUT2D eigenvalue weighted by molar-refractivity contribution is 6.09. The lowest BCUT2D eigenvalue weighted by Crippen LogP contribution is -2.42. The maximum absolute atomic E-state index is 14.6. The fourth-order valence-corrected chi connectivity index (χ4v) is 8.89. The minimum Gasteiger partial charge on any atom is -0.294 e. The van der Waals surface area contributed by atoms with Crippen molar-refractivity contribution in [2.75, 3.05) is 4.90 Å². The van der Waals surface area contributed by atoms with Gasteiger partial charge in [-0.2, -0.15) is 0 Å². The molecule has 2 aliphatic heterocycles. The average Bonchev–Trinajstić information content (AvgIpc) is 3.23. The zero-order chi connectivity index (χ0) is 35.1. The van der Waals surface area contributed by atoms with Crippen LogP contribution in [0.4, 0.5) is 17.2 Å². The van der Waals surface area contributed by atoms with Crippen LogP contribution in [0.3, 0.4) is 0 Å². The van der Waals surface area contributed by atoms with Crippen LogP contribution in [0.5, 0.6) is 0 Å². The van der Waals surface area contributed by atoms with E-state index < -0.39 is 5.41 Å². The number of fused-ring (bicyclic) bond motifs is 10. The van der Waals surface area contributed by atoms with E-state index in [1.54, 1.807) is 0 Å². The van der Waals surface area contributed by atoms with E-state index in [0.717, 1.165) is 78.2 Å². The summed E-state index contributed by atoms with van der Waals surface area (Å²) in [5.74, 6) is 1.43. The smallest absolute Gasteiger partial charge is 0.263 e. The highest BCUT2D eigenvalue weighted by Crippen LogP contribution is 2.60. The summed E-state index contributed by atoms with van der Waals surface area (Å²) in [4.78, 5) is 27.3. The van der Waals surface area contributed by atoms with Gasteiger partial charge >= 0.3 is 0 Å². The first-order valence-electron chi connectivity index (χ1n) is 17.9. The van der Waals surface area contributed by atoms with Crippen molar-refractivity contribution in [2.45, 2.75) is 5.41 Å². The Kier molecular flexibility index (Phi) is 6.25. The third kappa shape index (κ3) is 4.04. The van der Waals surface area contributed by atoms with Gasteiger partial charge in [0.05, 0.1) is 33.7 Å². The van der Waals surface area contributed by atoms with E-state index in [2.05, 4.69) is 126 Å². The topological polar surface area (TPSA) is 51.0 Å². The van der Waals surface area contributed by atoms with Crippen molar-refractivity contribution < 1.29 is 0 Å². The summed E-state index contributed by atoms with van der Waals surface area (Å²) in [6.07, 6.45) is 0. The van der Waals surface area contributed by atoms with Crippen molar-refractivity contribution in [2.24, 2.45) is 0 Å². The van der Waals surface area contributed by atoms with Crippen LogP contribution in [0.1, 0.15) is 22.3 Å². The van der Waals surface area contributed by atoms with Crippen LogP contribution >= 0.6 is 0 Å². The van der Waals surface area contributed by atoms with Crippen LogP contribution in [-0.4, -0.2) is 14.5 Å². The highest BCUT2D eigenvalue weighted by Gasteiger charge is 2.51. The fourth-order valence-electron chi connectivity index (χ4n) is 8.89. The van der Waals surface area contributed by atoms with Gasteiger partial charge in [-0.1, -0.05) is 152 Å². The molecular formula is C48H30N4O. The van der Waals surface area contributed by atoms with Gasteiger partial charge in [0.1, 0.15) is 5.82 Å². The van der Waals surface area contributed by atoms with Crippen molar-refractivity contribution >= 4 is 38.9 Å². The van der Waals surface area contributed by atoms with Gasteiger partial charge in [0, 0.05) is 28.0 Å². The standard InChI is InChI=1S/C48H30N4O/c53-47-35-21-8-7-20-33(35)34-22-15-26-39-45(34)52(47)43-29-14-11-25-38(43)48(39)36-23-9-12-27-41(36)51(42-28-13-10-24-37(42)48)44-30-40(31-16-3-1-4-17-31)49-46(50-44)32-18-5-2-6-19-32/h1-30H. The summed E-state index contributed by atoms with van der Waals surface area (Å²) in [5, 5.41) is 2.73. The summed E-state index contributed by atoms with van der Waals surface area (Å²) in [6.45, 7) is 0. The van der Waals surface area contributed by atoms with E-state index in [4.69, 9.17) is 9.97 Å². The zero-order valence-electron chi connectivity index (χ0n) is 28.5. The first-order chi connectivity index (χ1) is 26.2. The Balaban J connectivity index is 1.27. The number of hydrogen-bond acceptors (Lipinski definition) is 4. The molecule has 2 aromatic heterocycles. The molecule has 1 spiro atoms. The SMILES string of the molecule is O=c1c2ccccc2c2cccc3c2n1-c1ccccc1C31c2ccccc2N(c2cc(-c3ccccc3)nc(-c3ccccc3)n2)c2ccccc21. The van der Waals surface area contributed by atoms with E-state index >= 15 is 0 Å². The molecule has 0 N–H and O–H groups in total. The molecule has 0 atom stereocenters. The Morgan fingerprint density at radius 1 is 0.434 bits per heavy atom. The Morgan fingerprint density at radius 2 is 0.943 bits per heavy atom. The number of hydrogen-bond donors (Lipinski definition) is 0. The van der Waals surface area contributed by atoms with Crippen molar-refractivity contribution in [1.29, 1.82) is 0 Å². The van der Waals surface area contributed by atoms with Crippen molar-refractivity contribution in [1.82, 2.24) is 14.5 Å². The molecule has 0 unspecified atom stereocenters. The minimum atomic E-state index is -0.744. The summed E-state index contributed by atoms with van der Waals surface area (Å²) in [5.41, 5.74) is 10.3. The van der Waals surface area contributed by atoms with Crippen molar-refractivity contribution in [3.05, 3.63) is 215 Å². The Bertz CT molecular complexity index is 2880. The molecule has 5 nitrogen and oxygen atoms in total. The number of aromatic nitrogens is 3. The van der Waals surface area contributed by atoms with Crippen molar-refractivity contribution in [3.8, 4) is 28.3 Å². The largest absolute Gasteiger partial charge is 0.294 e. The van der Waals surface area contributed by atoms with Crippen molar-refractivity contribution in [3.63, 3.8) is 0 Å². The third-order valence-corrected chi connectivity index (χ3v) is 11.0. The normalized spacial score (nSPS) is 13.5. The highest BCUT2D eigenvalue weighted by atomic mass is 16.1. The molecule has 7 aromatic carbocycles. The van der Waals surface area contributed by atoms with Crippen LogP contribution in [0.25, 0.3) is 50.0 Å². The number of nitrogens with zero attached hydrogens (tertiary/aromatic N) is 4. The second-order valence-corrected chi connectivity index (χ2v) is 13.7. The van der Waals surface area contributed by atoms with Gasteiger partial charge in [-0.25, -0.2) is 9.97 Å². The predicted molar refractivity (Wildman–Crippen MR) is 214 cm³/mol. The molecule has 0 saturated heterocycles. The molecule has 11 rings (SSSR count). The van der Waals surface area contributed by atoms with Crippen LogP contribution < -0.4 is 10.5 Å². The molecule has 9 aromatic rings. The van der Waals surface area contributed by atoms with Gasteiger partial charge in [0.2, 0.25) is 0 Å². The van der Waals surface area contributed by atoms with E-state index in [9.17, 15) is 4.79 Å². The van der Waals surface area contributed by atoms with Crippen LogP contribution in [-0.2, 0) is 5.41 Å². The Morgan fingerprint density at radius 3 is 1.62 bits per heavy atom.